The third-order valence-corrected chi connectivity index (χ3v) is 4.40. The molecule has 0 radical (unpaired) electrons. The van der Waals surface area contributed by atoms with Crippen molar-refractivity contribution in [2.45, 2.75) is 46.5 Å². The zero-order valence-corrected chi connectivity index (χ0v) is 11.9. The fourth-order valence-electron chi connectivity index (χ4n) is 2.05. The Bertz CT molecular complexity index is 233. The van der Waals surface area contributed by atoms with E-state index in [9.17, 15) is 0 Å². The van der Waals surface area contributed by atoms with Crippen molar-refractivity contribution in [3.8, 4) is 0 Å². The van der Waals surface area contributed by atoms with E-state index >= 15 is 0 Å². The van der Waals surface area contributed by atoms with E-state index in [4.69, 9.17) is 0 Å². The zero-order valence-electron chi connectivity index (χ0n) is 8.33. The molecular weight excluding hydrogens is 311 g/mol. The fraction of sp³-hybridized carbons (Fsp3) is 0.636. The third kappa shape index (κ3) is 1.81. The molecule has 0 N–H and O–H groups in total. The molecule has 0 nitrogen and oxygen atoms in total. The van der Waals surface area contributed by atoms with E-state index in [-0.39, 0.29) is 0 Å². The van der Waals surface area contributed by atoms with E-state index in [1.54, 1.807) is 20.0 Å². The minimum absolute atomic E-state index is 1.25. The van der Waals surface area contributed by atoms with E-state index in [1.165, 1.54) is 50.1 Å². The summed E-state index contributed by atoms with van der Waals surface area (Å²) in [5.74, 6) is 0. The fourth-order valence-corrected chi connectivity index (χ4v) is 3.99. The van der Waals surface area contributed by atoms with Gasteiger partial charge in [0.1, 0.15) is 0 Å². The maximum absolute atomic E-state index is 2.29. The van der Waals surface area contributed by atoms with Crippen LogP contribution in [0.3, 0.4) is 0 Å². The van der Waals surface area contributed by atoms with Gasteiger partial charge in [-0.05, 0) is 0 Å². The molecule has 0 saturated carbocycles. The predicted molar refractivity (Wildman–Crippen MR) is 49.5 cm³/mol. The number of allylic oxidation sites excluding steroid dienone is 4. The van der Waals surface area contributed by atoms with Gasteiger partial charge in [0.2, 0.25) is 0 Å². The molecule has 0 bridgehead atoms. The maximum atomic E-state index is 2.29. The average molecular weight is 328 g/mol. The SMILES string of the molecule is CCC1=C(CC)C(CC)=[C]([Hf])C1. The second-order valence-corrected chi connectivity index (χ2v) is 5.45. The summed E-state index contributed by atoms with van der Waals surface area (Å²) >= 11 is 1.27. The van der Waals surface area contributed by atoms with Crippen LogP contribution in [-0.4, -0.2) is 0 Å². The second-order valence-electron chi connectivity index (χ2n) is 3.28. The van der Waals surface area contributed by atoms with Crippen molar-refractivity contribution in [3.05, 3.63) is 20.0 Å². The van der Waals surface area contributed by atoms with Crippen LogP contribution in [0.2, 0.25) is 0 Å². The Labute approximate surface area is 90.7 Å². The van der Waals surface area contributed by atoms with Gasteiger partial charge in [0, 0.05) is 0 Å². The van der Waals surface area contributed by atoms with E-state index in [1.807, 2.05) is 0 Å². The predicted octanol–water partition coefficient (Wildman–Crippen LogP) is 3.72. The Balaban J connectivity index is 2.94. The first-order valence-electron chi connectivity index (χ1n) is 4.89. The molecule has 0 aromatic rings. The van der Waals surface area contributed by atoms with Crippen LogP contribution in [0.1, 0.15) is 46.5 Å². The Morgan fingerprint density at radius 3 is 2.00 bits per heavy atom. The topological polar surface area (TPSA) is 0 Å². The van der Waals surface area contributed by atoms with Gasteiger partial charge >= 0.3 is 90.9 Å². The molecule has 1 rings (SSSR count). The van der Waals surface area contributed by atoms with Crippen molar-refractivity contribution in [2.75, 3.05) is 0 Å². The van der Waals surface area contributed by atoms with Gasteiger partial charge < -0.3 is 0 Å². The van der Waals surface area contributed by atoms with Gasteiger partial charge in [-0.25, -0.2) is 0 Å². The van der Waals surface area contributed by atoms with Gasteiger partial charge in [-0.15, -0.1) is 0 Å². The summed E-state index contributed by atoms with van der Waals surface area (Å²) in [6.45, 7) is 6.88. The standard InChI is InChI=1S/C11H17.Hf/c1-4-9-7-8-10(5-2)11(9)6-3;/h4-7H2,1-3H3;. The molecule has 0 aromatic carbocycles. The van der Waals surface area contributed by atoms with E-state index in [2.05, 4.69) is 20.8 Å². The molecule has 0 heterocycles. The van der Waals surface area contributed by atoms with Crippen LogP contribution < -0.4 is 0 Å². The first-order valence-corrected chi connectivity index (χ1v) is 6.69. The molecule has 65 valence electrons. The van der Waals surface area contributed by atoms with Gasteiger partial charge in [0.15, 0.2) is 0 Å². The quantitative estimate of drug-likeness (QED) is 0.693. The molecule has 1 aliphatic rings. The molecule has 12 heavy (non-hydrogen) atoms. The Hall–Kier alpha value is 0.350. The van der Waals surface area contributed by atoms with E-state index < -0.39 is 0 Å². The summed E-state index contributed by atoms with van der Waals surface area (Å²) in [5.41, 5.74) is 5.13. The molecule has 0 aromatic heterocycles. The summed E-state index contributed by atoms with van der Waals surface area (Å²) in [7, 11) is 0. The van der Waals surface area contributed by atoms with Gasteiger partial charge in [0.25, 0.3) is 0 Å². The number of rotatable bonds is 3. The van der Waals surface area contributed by atoms with Gasteiger partial charge in [-0.3, -0.25) is 0 Å². The summed E-state index contributed by atoms with van der Waals surface area (Å²) in [6.07, 6.45) is 5.08. The van der Waals surface area contributed by atoms with E-state index in [0.29, 0.717) is 0 Å². The molecule has 0 atom stereocenters. The molecular formula is C11H17Hf. The van der Waals surface area contributed by atoms with Gasteiger partial charge in [-0.1, -0.05) is 0 Å². The number of hydrogen-bond acceptors (Lipinski definition) is 0. The minimum atomic E-state index is 1.25. The Kier molecular flexibility index (Phi) is 3.95. The average Bonchev–Trinajstić information content (AvgIpc) is 2.40. The normalized spacial score (nSPS) is 17.8. The molecule has 1 heteroatoms. The molecule has 0 unspecified atom stereocenters. The van der Waals surface area contributed by atoms with Crippen LogP contribution in [-0.2, 0) is 24.4 Å². The summed E-state index contributed by atoms with van der Waals surface area (Å²) in [4.78, 5) is 0. The van der Waals surface area contributed by atoms with Gasteiger partial charge in [0.05, 0.1) is 0 Å². The van der Waals surface area contributed by atoms with E-state index in [0.717, 1.165) is 0 Å². The van der Waals surface area contributed by atoms with Crippen molar-refractivity contribution in [3.63, 3.8) is 0 Å². The first-order chi connectivity index (χ1) is 5.74. The molecule has 0 fully saturated rings. The van der Waals surface area contributed by atoms with Crippen molar-refractivity contribution >= 4 is 0 Å². The molecule has 0 saturated heterocycles. The zero-order chi connectivity index (χ0) is 9.14. The van der Waals surface area contributed by atoms with Crippen LogP contribution in [0, 0.1) is 0 Å². The molecule has 1 aliphatic carbocycles. The molecule has 0 amide bonds. The van der Waals surface area contributed by atoms with Crippen molar-refractivity contribution in [2.24, 2.45) is 0 Å². The first kappa shape index (κ1) is 10.4. The summed E-state index contributed by atoms with van der Waals surface area (Å²) < 4.78 is 1.76. The third-order valence-electron chi connectivity index (χ3n) is 2.68. The summed E-state index contributed by atoms with van der Waals surface area (Å²) in [5, 5.41) is 0. The Morgan fingerprint density at radius 1 is 1.00 bits per heavy atom. The van der Waals surface area contributed by atoms with Crippen molar-refractivity contribution < 1.29 is 24.4 Å². The van der Waals surface area contributed by atoms with Crippen LogP contribution in [0.5, 0.6) is 0 Å². The monoisotopic (exact) mass is 329 g/mol. The number of hydrogen-bond donors (Lipinski definition) is 0. The van der Waals surface area contributed by atoms with Crippen molar-refractivity contribution in [1.82, 2.24) is 0 Å². The second kappa shape index (κ2) is 4.55. The molecule has 0 aliphatic heterocycles. The van der Waals surface area contributed by atoms with Crippen LogP contribution in [0.15, 0.2) is 20.0 Å². The van der Waals surface area contributed by atoms with Gasteiger partial charge in [-0.2, -0.15) is 0 Å². The Morgan fingerprint density at radius 2 is 1.58 bits per heavy atom. The van der Waals surface area contributed by atoms with Crippen LogP contribution >= 0.6 is 0 Å². The summed E-state index contributed by atoms with van der Waals surface area (Å²) in [6, 6.07) is 0. The van der Waals surface area contributed by atoms with Crippen LogP contribution in [0.4, 0.5) is 0 Å². The van der Waals surface area contributed by atoms with Crippen LogP contribution in [0.25, 0.3) is 0 Å². The molecule has 0 spiro atoms. The van der Waals surface area contributed by atoms with Crippen molar-refractivity contribution in [1.29, 1.82) is 0 Å².